The Hall–Kier alpha value is -2.63. The predicted molar refractivity (Wildman–Crippen MR) is 68.1 cm³/mol. The molecule has 1 amide bonds. The molecular weight excluding hydrogens is 260 g/mol. The molecular formula is C14H12N2O4. The van der Waals surface area contributed by atoms with Gasteiger partial charge in [0.25, 0.3) is 5.91 Å². The molecule has 0 spiro atoms. The Balaban J connectivity index is 2.01. The van der Waals surface area contributed by atoms with Crippen LogP contribution in [0.4, 0.5) is 0 Å². The van der Waals surface area contributed by atoms with E-state index in [1.54, 1.807) is 12.1 Å². The number of carboxylic acids is 1. The lowest BCUT2D eigenvalue weighted by Crippen LogP contribution is -2.43. The maximum atomic E-state index is 12.3. The molecule has 1 aromatic heterocycles. The molecule has 6 heteroatoms. The molecule has 102 valence electrons. The van der Waals surface area contributed by atoms with Crippen LogP contribution in [-0.2, 0) is 11.2 Å². The summed E-state index contributed by atoms with van der Waals surface area (Å²) in [6.07, 6.45) is 1.99. The molecule has 1 aromatic carbocycles. The summed E-state index contributed by atoms with van der Waals surface area (Å²) in [7, 11) is 0. The topological polar surface area (TPSA) is 83.6 Å². The zero-order valence-electron chi connectivity index (χ0n) is 10.5. The molecule has 0 aliphatic carbocycles. The Morgan fingerprint density at radius 3 is 2.80 bits per heavy atom. The molecule has 6 nitrogen and oxygen atoms in total. The number of benzene rings is 1. The third-order valence-electron chi connectivity index (χ3n) is 3.43. The van der Waals surface area contributed by atoms with Gasteiger partial charge in [-0.1, -0.05) is 29.4 Å². The summed E-state index contributed by atoms with van der Waals surface area (Å²) in [6, 6.07) is 7.72. The number of fused-ring (bicyclic) bond motifs is 1. The first-order valence-corrected chi connectivity index (χ1v) is 6.21. The number of hydrogen-bond acceptors (Lipinski definition) is 4. The Morgan fingerprint density at radius 2 is 2.10 bits per heavy atom. The van der Waals surface area contributed by atoms with Crippen LogP contribution in [0, 0.1) is 0 Å². The van der Waals surface area contributed by atoms with Crippen LogP contribution in [0.2, 0.25) is 0 Å². The van der Waals surface area contributed by atoms with Crippen LogP contribution >= 0.6 is 0 Å². The third-order valence-corrected chi connectivity index (χ3v) is 3.43. The zero-order chi connectivity index (χ0) is 14.1. The second-order valence-corrected chi connectivity index (χ2v) is 4.56. The van der Waals surface area contributed by atoms with Gasteiger partial charge in [-0.15, -0.1) is 0 Å². The highest BCUT2D eigenvalue weighted by Gasteiger charge is 2.37. The minimum Gasteiger partial charge on any atom is -0.479 e. The van der Waals surface area contributed by atoms with Crippen LogP contribution in [0.3, 0.4) is 0 Å². The summed E-state index contributed by atoms with van der Waals surface area (Å²) in [4.78, 5) is 25.2. The van der Waals surface area contributed by atoms with Crippen molar-refractivity contribution in [2.24, 2.45) is 0 Å². The summed E-state index contributed by atoms with van der Waals surface area (Å²) in [5, 5.41) is 12.9. The van der Waals surface area contributed by atoms with Gasteiger partial charge in [-0.25, -0.2) is 4.79 Å². The maximum absolute atomic E-state index is 12.3. The van der Waals surface area contributed by atoms with Crippen molar-refractivity contribution in [2.75, 3.05) is 6.54 Å². The van der Waals surface area contributed by atoms with E-state index in [0.29, 0.717) is 18.5 Å². The van der Waals surface area contributed by atoms with E-state index < -0.39 is 17.9 Å². The van der Waals surface area contributed by atoms with Gasteiger partial charge in [-0.2, -0.15) is 0 Å². The number of aliphatic carboxylic acids is 1. The molecule has 1 N–H and O–H groups in total. The van der Waals surface area contributed by atoms with Crippen molar-refractivity contribution < 1.29 is 19.2 Å². The van der Waals surface area contributed by atoms with Gasteiger partial charge in [0.15, 0.2) is 6.04 Å². The smallest absolute Gasteiger partial charge is 0.331 e. The fourth-order valence-corrected chi connectivity index (χ4v) is 2.52. The van der Waals surface area contributed by atoms with E-state index in [1.807, 2.05) is 12.1 Å². The van der Waals surface area contributed by atoms with E-state index in [4.69, 9.17) is 4.52 Å². The van der Waals surface area contributed by atoms with Crippen molar-refractivity contribution in [3.05, 3.63) is 53.4 Å². The number of aromatic nitrogens is 1. The highest BCUT2D eigenvalue weighted by atomic mass is 16.5. The Kier molecular flexibility index (Phi) is 2.98. The van der Waals surface area contributed by atoms with Gasteiger partial charge >= 0.3 is 5.97 Å². The number of carbonyl (C=O) groups is 2. The highest BCUT2D eigenvalue weighted by molar-refractivity contribution is 5.95. The number of carboxylic acid groups (broad SMARTS) is 1. The SMILES string of the molecule is O=C(O)C1c2ccccc2CCN1C(=O)c1ccno1. The summed E-state index contributed by atoms with van der Waals surface area (Å²) in [6.45, 7) is 0.341. The zero-order valence-corrected chi connectivity index (χ0v) is 10.5. The average Bonchev–Trinajstić information content (AvgIpc) is 2.99. The molecule has 2 aromatic rings. The van der Waals surface area contributed by atoms with E-state index in [1.165, 1.54) is 17.2 Å². The van der Waals surface area contributed by atoms with Gasteiger partial charge in [0.05, 0.1) is 6.20 Å². The van der Waals surface area contributed by atoms with Crippen LogP contribution in [0.1, 0.15) is 27.7 Å². The molecule has 1 atom stereocenters. The molecule has 0 saturated heterocycles. The first-order chi connectivity index (χ1) is 9.68. The normalized spacial score (nSPS) is 17.6. The molecule has 3 rings (SSSR count). The first-order valence-electron chi connectivity index (χ1n) is 6.21. The monoisotopic (exact) mass is 272 g/mol. The number of hydrogen-bond donors (Lipinski definition) is 1. The van der Waals surface area contributed by atoms with Crippen molar-refractivity contribution >= 4 is 11.9 Å². The predicted octanol–water partition coefficient (Wildman–Crippen LogP) is 1.50. The minimum absolute atomic E-state index is 0.0515. The largest absolute Gasteiger partial charge is 0.479 e. The molecule has 0 fully saturated rings. The molecule has 0 saturated carbocycles. The van der Waals surface area contributed by atoms with E-state index in [0.717, 1.165) is 5.56 Å². The number of nitrogens with zero attached hydrogens (tertiary/aromatic N) is 2. The highest BCUT2D eigenvalue weighted by Crippen LogP contribution is 2.31. The third kappa shape index (κ3) is 1.95. The molecule has 20 heavy (non-hydrogen) atoms. The van der Waals surface area contributed by atoms with Gasteiger partial charge in [0.2, 0.25) is 5.76 Å². The number of amides is 1. The summed E-state index contributed by atoms with van der Waals surface area (Å²) in [5.74, 6) is -1.45. The summed E-state index contributed by atoms with van der Waals surface area (Å²) >= 11 is 0. The lowest BCUT2D eigenvalue weighted by atomic mass is 9.92. The molecule has 1 aliphatic heterocycles. The van der Waals surface area contributed by atoms with Crippen LogP contribution in [0.15, 0.2) is 41.1 Å². The quantitative estimate of drug-likeness (QED) is 0.895. The van der Waals surface area contributed by atoms with Crippen molar-refractivity contribution in [3.8, 4) is 0 Å². The van der Waals surface area contributed by atoms with Crippen LogP contribution in [0.5, 0.6) is 0 Å². The Morgan fingerprint density at radius 1 is 1.30 bits per heavy atom. The van der Waals surface area contributed by atoms with Crippen molar-refractivity contribution in [1.82, 2.24) is 10.1 Å². The minimum atomic E-state index is -1.05. The molecule has 0 radical (unpaired) electrons. The summed E-state index contributed by atoms with van der Waals surface area (Å²) in [5.41, 5.74) is 1.61. The molecule has 1 aliphatic rings. The Labute approximate surface area is 114 Å². The van der Waals surface area contributed by atoms with Crippen LogP contribution in [-0.4, -0.2) is 33.6 Å². The molecule has 0 bridgehead atoms. The second kappa shape index (κ2) is 4.80. The van der Waals surface area contributed by atoms with Crippen molar-refractivity contribution in [1.29, 1.82) is 0 Å². The molecule has 2 heterocycles. The Bertz CT molecular complexity index is 651. The van der Waals surface area contributed by atoms with Gasteiger partial charge in [0, 0.05) is 12.6 Å². The number of carbonyl (C=O) groups excluding carboxylic acids is 1. The lowest BCUT2D eigenvalue weighted by Gasteiger charge is -2.34. The standard InChI is InChI=1S/C14H12N2O4/c17-13(11-5-7-15-20-11)16-8-6-9-3-1-2-4-10(9)12(16)14(18)19/h1-5,7,12H,6,8H2,(H,18,19). The first kappa shape index (κ1) is 12.4. The van der Waals surface area contributed by atoms with Gasteiger partial charge in [-0.05, 0) is 17.5 Å². The maximum Gasteiger partial charge on any atom is 0.331 e. The fraction of sp³-hybridized carbons (Fsp3) is 0.214. The summed E-state index contributed by atoms with van der Waals surface area (Å²) < 4.78 is 4.83. The lowest BCUT2D eigenvalue weighted by molar-refractivity contribution is -0.143. The number of rotatable bonds is 2. The van der Waals surface area contributed by atoms with E-state index in [2.05, 4.69) is 5.16 Å². The van der Waals surface area contributed by atoms with Crippen molar-refractivity contribution in [3.63, 3.8) is 0 Å². The van der Waals surface area contributed by atoms with Crippen molar-refractivity contribution in [2.45, 2.75) is 12.5 Å². The van der Waals surface area contributed by atoms with Gasteiger partial charge in [-0.3, -0.25) is 4.79 Å². The van der Waals surface area contributed by atoms with E-state index >= 15 is 0 Å². The van der Waals surface area contributed by atoms with Gasteiger partial charge in [0.1, 0.15) is 0 Å². The van der Waals surface area contributed by atoms with Crippen LogP contribution < -0.4 is 0 Å². The van der Waals surface area contributed by atoms with Gasteiger partial charge < -0.3 is 14.5 Å². The fourth-order valence-electron chi connectivity index (χ4n) is 2.52. The molecule has 1 unspecified atom stereocenters. The van der Waals surface area contributed by atoms with Crippen LogP contribution in [0.25, 0.3) is 0 Å². The average molecular weight is 272 g/mol. The second-order valence-electron chi connectivity index (χ2n) is 4.56. The van der Waals surface area contributed by atoms with E-state index in [9.17, 15) is 14.7 Å². The van der Waals surface area contributed by atoms with E-state index in [-0.39, 0.29) is 5.76 Å².